The number of Topliss-reactive ketones (excluding diaryl/α,β-unsaturated/α-hetero) is 1. The van der Waals surface area contributed by atoms with Gasteiger partial charge >= 0.3 is 12.2 Å². The lowest BCUT2D eigenvalue weighted by atomic mass is 10.1. The van der Waals surface area contributed by atoms with Gasteiger partial charge in [-0.1, -0.05) is 89.5 Å². The maximum Gasteiger partial charge on any atom is 0.413 e. The number of carbonyl (C=O) groups excluding carboxylic acids is 4. The molecule has 0 unspecified atom stereocenters. The van der Waals surface area contributed by atoms with Crippen molar-refractivity contribution in [2.24, 2.45) is 9.98 Å². The number of nitro groups is 1. The molecule has 23 nitrogen and oxygen atoms in total. The molecule has 6 aromatic rings. The van der Waals surface area contributed by atoms with E-state index in [4.69, 9.17) is 48.8 Å². The number of imidazole rings is 1. The van der Waals surface area contributed by atoms with Crippen molar-refractivity contribution in [3.05, 3.63) is 128 Å². The Balaban J connectivity index is 0.000000260. The normalized spacial score (nSPS) is 11.2. The van der Waals surface area contributed by atoms with Gasteiger partial charge in [0.15, 0.2) is 17.7 Å². The van der Waals surface area contributed by atoms with E-state index in [0.717, 1.165) is 50.2 Å². The zero-order valence-corrected chi connectivity index (χ0v) is 48.1. The Morgan fingerprint density at radius 1 is 0.835 bits per heavy atom. The zero-order chi connectivity index (χ0) is 57.9. The molecule has 0 saturated carbocycles. The van der Waals surface area contributed by atoms with Crippen LogP contribution in [0.4, 0.5) is 26.7 Å². The fraction of sp³-hybridized carbons (Fsp3) is 0.245. The van der Waals surface area contributed by atoms with Gasteiger partial charge in [0.25, 0.3) is 22.3 Å². The van der Waals surface area contributed by atoms with E-state index in [1.807, 2.05) is 55.6 Å². The Labute approximate surface area is 481 Å². The number of nitrogens with one attached hydrogen (secondary N) is 5. The second-order valence-electron chi connectivity index (χ2n) is 15.3. The summed E-state index contributed by atoms with van der Waals surface area (Å²) >= 11 is 22.9. The van der Waals surface area contributed by atoms with Crippen LogP contribution in [0.3, 0.4) is 0 Å². The van der Waals surface area contributed by atoms with Crippen LogP contribution in [0.15, 0.2) is 127 Å². The summed E-state index contributed by atoms with van der Waals surface area (Å²) in [4.78, 5) is 74.4. The number of aromatic nitrogens is 2. The highest BCUT2D eigenvalue weighted by Crippen LogP contribution is 2.39. The van der Waals surface area contributed by atoms with E-state index < -0.39 is 33.0 Å². The molecular formula is C49H52Cl3N9O14S4. The molecule has 422 valence electrons. The molecule has 0 aliphatic rings. The van der Waals surface area contributed by atoms with E-state index in [1.54, 1.807) is 54.2 Å². The SMILES string of the molecule is CCCSc1ccc([N+](=O)[O-])c(NC(=NCCS(=O)(=O)O)NC(=O)OC)c1.COCC(=O)Cc1cc(Sc2ccccc2)ccc1NC(=NCOC=O)NC(=O)OC.CSc1nc2cc(Oc3cccc(Cl)c3Cl)c(Cl)cc2[nH]1. The molecule has 0 atom stereocenters. The van der Waals surface area contributed by atoms with Gasteiger partial charge in [-0.15, -0.1) is 11.8 Å². The maximum atomic E-state index is 12.2. The molecule has 0 aliphatic carbocycles. The molecule has 0 spiro atoms. The molecule has 0 aliphatic heterocycles. The fourth-order valence-electron chi connectivity index (χ4n) is 6.06. The summed E-state index contributed by atoms with van der Waals surface area (Å²) < 4.78 is 54.6. The van der Waals surface area contributed by atoms with Crippen LogP contribution in [0.25, 0.3) is 11.0 Å². The summed E-state index contributed by atoms with van der Waals surface area (Å²) in [7, 11) is -0.486. The number of thioether (sulfide) groups is 2. The Hall–Kier alpha value is -6.82. The van der Waals surface area contributed by atoms with Crippen LogP contribution in [0.2, 0.25) is 15.1 Å². The number of anilines is 2. The number of rotatable bonds is 21. The first-order chi connectivity index (χ1) is 37.8. The van der Waals surface area contributed by atoms with Gasteiger partial charge < -0.3 is 39.3 Å². The van der Waals surface area contributed by atoms with Crippen molar-refractivity contribution < 1.29 is 60.8 Å². The van der Waals surface area contributed by atoms with Gasteiger partial charge in [-0.3, -0.25) is 39.9 Å². The van der Waals surface area contributed by atoms with E-state index in [1.165, 1.54) is 49.9 Å². The van der Waals surface area contributed by atoms with Crippen LogP contribution in [-0.4, -0.2) is 123 Å². The van der Waals surface area contributed by atoms with Gasteiger partial charge in [0.05, 0.1) is 52.5 Å². The first-order valence-corrected chi connectivity index (χ1v) is 28.5. The number of aromatic amines is 1. The summed E-state index contributed by atoms with van der Waals surface area (Å²) in [5, 5.41) is 23.5. The number of ether oxygens (including phenoxy) is 5. The number of nitro benzene ring substituents is 1. The fourth-order valence-corrected chi connectivity index (χ4v) is 9.02. The number of H-pyrrole nitrogens is 1. The van der Waals surface area contributed by atoms with Crippen LogP contribution in [0.1, 0.15) is 18.9 Å². The van der Waals surface area contributed by atoms with Gasteiger partial charge in [-0.25, -0.2) is 19.6 Å². The van der Waals surface area contributed by atoms with E-state index in [-0.39, 0.29) is 61.9 Å². The molecule has 2 amide bonds. The third-order valence-corrected chi connectivity index (χ3v) is 14.1. The minimum atomic E-state index is -4.26. The molecule has 0 saturated heterocycles. The number of ketones is 1. The van der Waals surface area contributed by atoms with Gasteiger partial charge in [0, 0.05) is 46.0 Å². The molecule has 0 fully saturated rings. The van der Waals surface area contributed by atoms with Crippen LogP contribution >= 0.6 is 70.1 Å². The molecule has 79 heavy (non-hydrogen) atoms. The zero-order valence-electron chi connectivity index (χ0n) is 42.6. The summed E-state index contributed by atoms with van der Waals surface area (Å²) in [6.45, 7) is 1.52. The first-order valence-electron chi connectivity index (χ1n) is 22.8. The van der Waals surface area contributed by atoms with Crippen molar-refractivity contribution in [2.75, 3.05) is 69.6 Å². The predicted octanol–water partition coefficient (Wildman–Crippen LogP) is 11.0. The lowest BCUT2D eigenvalue weighted by Crippen LogP contribution is -2.36. The minimum absolute atomic E-state index is 0.00222. The molecule has 6 rings (SSSR count). The number of guanidine groups is 2. The number of alkyl carbamates (subject to hydrolysis) is 2. The van der Waals surface area contributed by atoms with Crippen LogP contribution in [-0.2, 0) is 45.1 Å². The molecule has 0 bridgehead atoms. The van der Waals surface area contributed by atoms with Crippen LogP contribution in [0.5, 0.6) is 11.5 Å². The van der Waals surface area contributed by atoms with Gasteiger partial charge in [0.1, 0.15) is 28.8 Å². The summed E-state index contributed by atoms with van der Waals surface area (Å²) in [5.74, 6) is 0.682. The molecule has 30 heteroatoms. The van der Waals surface area contributed by atoms with Crippen molar-refractivity contribution in [3.8, 4) is 11.5 Å². The Kier molecular flexibility index (Phi) is 27.5. The minimum Gasteiger partial charge on any atom is -0.454 e. The number of hydrogen-bond acceptors (Lipinski definition) is 19. The highest BCUT2D eigenvalue weighted by molar-refractivity contribution is 7.99. The van der Waals surface area contributed by atoms with E-state index >= 15 is 0 Å². The van der Waals surface area contributed by atoms with Gasteiger partial charge in [-0.2, -0.15) is 8.42 Å². The quantitative estimate of drug-likeness (QED) is 0.00449. The van der Waals surface area contributed by atoms with E-state index in [2.05, 4.69) is 55.4 Å². The van der Waals surface area contributed by atoms with Crippen molar-refractivity contribution in [1.82, 2.24) is 20.6 Å². The number of halogens is 3. The lowest BCUT2D eigenvalue weighted by Gasteiger charge is -2.15. The van der Waals surface area contributed by atoms with Crippen molar-refractivity contribution in [1.29, 1.82) is 0 Å². The molecule has 6 N–H and O–H groups in total. The highest BCUT2D eigenvalue weighted by atomic mass is 35.5. The second kappa shape index (κ2) is 33.6. The second-order valence-corrected chi connectivity index (χ2v) is 21.1. The molecule has 0 radical (unpaired) electrons. The monoisotopic (exact) mass is 1220 g/mol. The van der Waals surface area contributed by atoms with E-state index in [9.17, 15) is 37.7 Å². The number of nitrogens with zero attached hydrogens (tertiary/aromatic N) is 4. The predicted molar refractivity (Wildman–Crippen MR) is 308 cm³/mol. The van der Waals surface area contributed by atoms with Crippen molar-refractivity contribution in [3.63, 3.8) is 0 Å². The third-order valence-electron chi connectivity index (χ3n) is 9.53. The third kappa shape index (κ3) is 22.8. The summed E-state index contributed by atoms with van der Waals surface area (Å²) in [5.41, 5.74) is 2.65. The number of aliphatic imine (C=N–C) groups is 2. The molecule has 1 heterocycles. The summed E-state index contributed by atoms with van der Waals surface area (Å²) in [6, 6.07) is 28.5. The molecule has 5 aromatic carbocycles. The maximum absolute atomic E-state index is 12.2. The topological polar surface area (TPSA) is 313 Å². The van der Waals surface area contributed by atoms with Crippen molar-refractivity contribution in [2.45, 2.75) is 39.6 Å². The van der Waals surface area contributed by atoms with E-state index in [0.29, 0.717) is 37.8 Å². The number of fused-ring (bicyclic) bond motifs is 1. The molecular weight excluding hydrogens is 1170 g/mol. The largest absolute Gasteiger partial charge is 0.454 e. The van der Waals surface area contributed by atoms with Gasteiger partial charge in [-0.05, 0) is 84.7 Å². The average Bonchev–Trinajstić information content (AvgIpc) is 3.85. The number of methoxy groups -OCH3 is 3. The van der Waals surface area contributed by atoms with Crippen LogP contribution < -0.4 is 26.0 Å². The highest BCUT2D eigenvalue weighted by Gasteiger charge is 2.19. The Bertz CT molecular complexity index is 3230. The average molecular weight is 1230 g/mol. The Morgan fingerprint density at radius 2 is 1.52 bits per heavy atom. The number of hydrogen-bond donors (Lipinski definition) is 6. The summed E-state index contributed by atoms with van der Waals surface area (Å²) in [6.07, 6.45) is 1.30. The smallest absolute Gasteiger partial charge is 0.413 e. The Morgan fingerprint density at radius 3 is 2.15 bits per heavy atom. The van der Waals surface area contributed by atoms with Crippen molar-refractivity contribution >= 4 is 145 Å². The molecule has 1 aromatic heterocycles. The van der Waals surface area contributed by atoms with Crippen LogP contribution in [0, 0.1) is 10.1 Å². The standard InChI is InChI=1S/C21H23N3O6S.C14H9Cl3N2OS.C14H20N4O7S2/c1-28-12-16(26)10-15-11-18(31-17-6-4-3-5-7-17)8-9-19(15)23-20(22-13-30-14-25)24-21(27)29-2;1-21-14-18-9-5-8(16)12(6-10(9)19-14)20-11-4-2-3-7(15)13(11)17;1-3-7-26-10-4-5-12(18(20)21)11(9-10)16-13(17-14(19)25-2)15-6-8-27(22,23)24/h3-9,11,14H,10,12-13H2,1-2H3,(H2,22,23,24,27);2-6H,1H3,(H,18,19);4-5,9H,3,6-8H2,1-2H3,(H,22,23,24)(H2,15,16,17,19). The van der Waals surface area contributed by atoms with Gasteiger partial charge in [0.2, 0.25) is 11.9 Å². The first kappa shape index (κ1) is 64.7. The number of carbonyl (C=O) groups is 4. The number of benzene rings is 5. The lowest BCUT2D eigenvalue weighted by molar-refractivity contribution is -0.384. The number of amides is 2.